The van der Waals surface area contributed by atoms with Crippen LogP contribution in [0.5, 0.6) is 0 Å². The molecule has 3 heteroatoms. The van der Waals surface area contributed by atoms with Gasteiger partial charge in [-0.05, 0) is 0 Å². The van der Waals surface area contributed by atoms with Gasteiger partial charge in [-0.3, -0.25) is 0 Å². The first-order valence-electron chi connectivity index (χ1n) is 0.204. The Bertz CT molecular complexity index is 3.25. The van der Waals surface area contributed by atoms with Crippen LogP contribution in [0.4, 0.5) is 0 Å². The Morgan fingerprint density at radius 1 is 1.00 bits per heavy atom. The summed E-state index contributed by atoms with van der Waals surface area (Å²) in [6.45, 7) is 4.50. The van der Waals surface area contributed by atoms with Gasteiger partial charge in [-0.15, -0.1) is 0 Å². The minimum absolute atomic E-state index is 0. The van der Waals surface area contributed by atoms with E-state index in [4.69, 9.17) is 4.79 Å². The van der Waals surface area contributed by atoms with Gasteiger partial charge in [0.2, 0.25) is 0 Å². The van der Waals surface area contributed by atoms with Gasteiger partial charge in [0, 0.05) is 0 Å². The van der Waals surface area contributed by atoms with E-state index in [1.807, 2.05) is 0 Å². The van der Waals surface area contributed by atoms with Crippen molar-refractivity contribution in [3.8, 4) is 0 Å². The van der Waals surface area contributed by atoms with Crippen LogP contribution in [0.25, 0.3) is 0 Å². The minimum Gasteiger partial charge on any atom is -0.870 e. The number of hydrogen-bond donors (Lipinski definition) is 0. The quantitative estimate of drug-likeness (QED) is 0.370. The molecule has 0 unspecified atom stereocenters. The summed E-state index contributed by atoms with van der Waals surface area (Å²) in [5.74, 6) is 0. The standard InChI is InChI=1S/CO.2H2O/c1-2;;/h;2*1H2/q+2;;/p-2. The Balaban J connectivity index is -0.00000000500. The molecular weight excluding hydrogens is 60.0 g/mol. The van der Waals surface area contributed by atoms with Crippen molar-refractivity contribution in [2.75, 3.05) is 0 Å². The van der Waals surface area contributed by atoms with E-state index in [1.165, 1.54) is 0 Å². The summed E-state index contributed by atoms with van der Waals surface area (Å²) in [5, 5.41) is 0. The predicted molar refractivity (Wildman–Crippen MR) is 9.57 cm³/mol. The zero-order valence-electron chi connectivity index (χ0n) is 1.80. The van der Waals surface area contributed by atoms with Gasteiger partial charge in [0.25, 0.3) is 0 Å². The molecule has 0 rings (SSSR count). The molecule has 3 nitrogen and oxygen atoms in total. The Labute approximate surface area is 23.9 Å². The van der Waals surface area contributed by atoms with Crippen LogP contribution in [0.2, 0.25) is 0 Å². The zero-order chi connectivity index (χ0) is 2.00. The summed E-state index contributed by atoms with van der Waals surface area (Å²) in [6.07, 6.45) is 0. The maximum Gasteiger partial charge on any atom is -0.870 e. The molecule has 2 N–H and O–H groups in total. The molecule has 0 heterocycles. The van der Waals surface area contributed by atoms with Gasteiger partial charge in [-0.25, -0.2) is 0 Å². The van der Waals surface area contributed by atoms with E-state index < -0.39 is 0 Å². The molecule has 4 heavy (non-hydrogen) atoms. The van der Waals surface area contributed by atoms with Gasteiger partial charge in [0.1, 0.15) is 0 Å². The smallest absolute Gasteiger partial charge is 0.870 e. The molecule has 0 aliphatic heterocycles. The molecule has 24 valence electrons. The van der Waals surface area contributed by atoms with E-state index in [0.29, 0.717) is 0 Å². The average molecular weight is 62.0 g/mol. The molecule has 0 spiro atoms. The van der Waals surface area contributed by atoms with Crippen LogP contribution in [-0.4, -0.2) is 17.7 Å². The molecule has 0 aromatic carbocycles. The van der Waals surface area contributed by atoms with Gasteiger partial charge in [0.15, 0.2) is 0 Å². The molecule has 0 fully saturated rings. The fraction of sp³-hybridized carbons (Fsp3) is 0. The molecule has 0 saturated heterocycles. The molecule has 0 bridgehead atoms. The summed E-state index contributed by atoms with van der Waals surface area (Å²) in [5.41, 5.74) is 0. The van der Waals surface area contributed by atoms with Crippen molar-refractivity contribution in [1.29, 1.82) is 0 Å². The predicted octanol–water partition coefficient (Wildman–Crippen LogP) is -0.751. The van der Waals surface area contributed by atoms with Crippen molar-refractivity contribution in [1.82, 2.24) is 0 Å². The summed E-state index contributed by atoms with van der Waals surface area (Å²) in [4.78, 5) is 7.50. The first-order chi connectivity index (χ1) is 1.00. The maximum atomic E-state index is 7.50. The second-order valence-corrected chi connectivity index (χ2v) is 0. The van der Waals surface area contributed by atoms with Crippen LogP contribution >= 0.6 is 0 Å². The Morgan fingerprint density at radius 2 is 1.00 bits per heavy atom. The van der Waals surface area contributed by atoms with Crippen molar-refractivity contribution in [2.45, 2.75) is 0 Å². The summed E-state index contributed by atoms with van der Waals surface area (Å²) >= 11 is 0. The molecule has 0 saturated carbocycles. The van der Waals surface area contributed by atoms with Crippen molar-refractivity contribution in [3.05, 3.63) is 0 Å². The topological polar surface area (TPSA) is 77.1 Å². The number of carbonyl (C=O) groups excluding carboxylic acids is 1. The van der Waals surface area contributed by atoms with Gasteiger partial charge in [-0.1, -0.05) is 0 Å². The van der Waals surface area contributed by atoms with E-state index in [2.05, 4.69) is 6.79 Å². The third-order valence-corrected chi connectivity index (χ3v) is 0. The third-order valence-electron chi connectivity index (χ3n) is 0. The monoisotopic (exact) mass is 62.0 g/mol. The fourth-order valence-corrected chi connectivity index (χ4v) is 0. The summed E-state index contributed by atoms with van der Waals surface area (Å²) in [7, 11) is 0. The van der Waals surface area contributed by atoms with E-state index in [1.54, 1.807) is 0 Å². The maximum absolute atomic E-state index is 7.50. The second-order valence-electron chi connectivity index (χ2n) is 0. The first kappa shape index (κ1) is 53.1. The van der Waals surface area contributed by atoms with Crippen LogP contribution in [0.15, 0.2) is 0 Å². The van der Waals surface area contributed by atoms with Gasteiger partial charge < -0.3 is 11.0 Å². The zero-order valence-corrected chi connectivity index (χ0v) is 1.80. The van der Waals surface area contributed by atoms with E-state index in [0.717, 1.165) is 0 Å². The molecule has 0 aromatic rings. The Morgan fingerprint density at radius 3 is 1.00 bits per heavy atom. The summed E-state index contributed by atoms with van der Waals surface area (Å²) in [6, 6.07) is 0. The second kappa shape index (κ2) is 103. The van der Waals surface area contributed by atoms with Crippen LogP contribution < -0.4 is 0 Å². The molecular formula is CH2O3. The first-order valence-corrected chi connectivity index (χ1v) is 0.204. The average Bonchev–Trinajstić information content (AvgIpc) is 1.00. The minimum atomic E-state index is 0. The van der Waals surface area contributed by atoms with Crippen molar-refractivity contribution in [2.24, 2.45) is 0 Å². The van der Waals surface area contributed by atoms with Crippen molar-refractivity contribution >= 4 is 6.79 Å². The van der Waals surface area contributed by atoms with Crippen LogP contribution in [0.1, 0.15) is 0 Å². The van der Waals surface area contributed by atoms with E-state index in [9.17, 15) is 0 Å². The van der Waals surface area contributed by atoms with Crippen LogP contribution in [0.3, 0.4) is 0 Å². The largest absolute Gasteiger partial charge is 0.870 e. The molecule has 0 radical (unpaired) electrons. The molecule has 0 atom stereocenters. The van der Waals surface area contributed by atoms with Crippen molar-refractivity contribution < 1.29 is 15.7 Å². The molecule has 0 aromatic heterocycles. The van der Waals surface area contributed by atoms with Crippen molar-refractivity contribution in [3.63, 3.8) is 0 Å². The van der Waals surface area contributed by atoms with Gasteiger partial charge in [-0.2, -0.15) is 0 Å². The number of rotatable bonds is 0. The van der Waals surface area contributed by atoms with E-state index in [-0.39, 0.29) is 11.0 Å². The third kappa shape index (κ3) is 11.4. The van der Waals surface area contributed by atoms with Crippen LogP contribution in [0, 0.1) is 0 Å². The summed E-state index contributed by atoms with van der Waals surface area (Å²) < 4.78 is 0. The number of hydrogen-bond acceptors (Lipinski definition) is 3. The Kier molecular flexibility index (Phi) is 1360. The van der Waals surface area contributed by atoms with Crippen LogP contribution in [-0.2, 0) is 4.79 Å². The van der Waals surface area contributed by atoms with Gasteiger partial charge in [0.05, 0.1) is 0 Å². The molecule has 0 aliphatic carbocycles. The molecule has 0 amide bonds. The fourth-order valence-electron chi connectivity index (χ4n) is 0. The van der Waals surface area contributed by atoms with Gasteiger partial charge >= 0.3 is 11.6 Å². The normalized spacial score (nSPS) is 1.50. The SMILES string of the molecule is [C+2]=O.[OH-].[OH-]. The van der Waals surface area contributed by atoms with E-state index >= 15 is 0 Å². The Hall–Kier alpha value is -0.280. The molecule has 0 aliphatic rings.